The van der Waals surface area contributed by atoms with Crippen molar-refractivity contribution >= 4 is 44.9 Å². The highest BCUT2D eigenvalue weighted by atomic mass is 32.2. The van der Waals surface area contributed by atoms with Gasteiger partial charge >= 0.3 is 0 Å². The second kappa shape index (κ2) is 8.95. The predicted molar refractivity (Wildman–Crippen MR) is 121 cm³/mol. The van der Waals surface area contributed by atoms with Crippen LogP contribution in [0.1, 0.15) is 0 Å². The van der Waals surface area contributed by atoms with E-state index in [1.165, 1.54) is 34.0 Å². The van der Waals surface area contributed by atoms with Gasteiger partial charge in [-0.3, -0.25) is 14.2 Å². The highest BCUT2D eigenvalue weighted by Gasteiger charge is 2.13. The zero-order chi connectivity index (χ0) is 20.9. The molecule has 0 saturated heterocycles. The van der Waals surface area contributed by atoms with Crippen molar-refractivity contribution in [2.45, 2.75) is 11.4 Å². The second-order valence-corrected chi connectivity index (χ2v) is 8.43. The van der Waals surface area contributed by atoms with Gasteiger partial charge in [-0.15, -0.1) is 23.1 Å². The number of thiophene rings is 1. The highest BCUT2D eigenvalue weighted by Crippen LogP contribution is 2.30. The number of nitrogens with zero attached hydrogens (tertiary/aromatic N) is 3. The molecule has 4 rings (SSSR count). The summed E-state index contributed by atoms with van der Waals surface area (Å²) in [5, 5.41) is 11.6. The summed E-state index contributed by atoms with van der Waals surface area (Å²) in [5.74, 6) is -0.0437. The summed E-state index contributed by atoms with van der Waals surface area (Å²) in [5.41, 5.74) is 2.02. The van der Waals surface area contributed by atoms with E-state index in [4.69, 9.17) is 5.26 Å². The van der Waals surface area contributed by atoms with Crippen molar-refractivity contribution < 1.29 is 4.79 Å². The van der Waals surface area contributed by atoms with Gasteiger partial charge in [0.2, 0.25) is 5.91 Å². The van der Waals surface area contributed by atoms with Crippen molar-refractivity contribution in [3.05, 3.63) is 77.3 Å². The van der Waals surface area contributed by atoms with Crippen molar-refractivity contribution in [3.8, 4) is 16.5 Å². The number of thioether (sulfide) groups is 1. The lowest BCUT2D eigenvalue weighted by molar-refractivity contribution is -0.116. The van der Waals surface area contributed by atoms with E-state index in [0.717, 1.165) is 15.3 Å². The number of hydrogen-bond donors (Lipinski definition) is 1. The highest BCUT2D eigenvalue weighted by molar-refractivity contribution is 7.99. The number of benzene rings is 2. The molecule has 0 aliphatic carbocycles. The van der Waals surface area contributed by atoms with Gasteiger partial charge in [0.25, 0.3) is 5.56 Å². The second-order valence-electron chi connectivity index (χ2n) is 6.36. The van der Waals surface area contributed by atoms with E-state index < -0.39 is 0 Å². The van der Waals surface area contributed by atoms with E-state index in [-0.39, 0.29) is 23.8 Å². The molecule has 6 nitrogen and oxygen atoms in total. The lowest BCUT2D eigenvalue weighted by Gasteiger charge is -2.10. The number of carbonyl (C=O) groups excluding carboxylic acids is 1. The van der Waals surface area contributed by atoms with Crippen molar-refractivity contribution in [2.75, 3.05) is 11.1 Å². The lowest BCUT2D eigenvalue weighted by Crippen LogP contribution is -2.27. The number of carbonyl (C=O) groups is 1. The normalized spacial score (nSPS) is 10.6. The van der Waals surface area contributed by atoms with Crippen LogP contribution >= 0.6 is 23.1 Å². The summed E-state index contributed by atoms with van der Waals surface area (Å²) >= 11 is 2.72. The zero-order valence-corrected chi connectivity index (χ0v) is 17.4. The van der Waals surface area contributed by atoms with Crippen LogP contribution < -0.4 is 10.9 Å². The van der Waals surface area contributed by atoms with Gasteiger partial charge in [-0.2, -0.15) is 5.26 Å². The zero-order valence-electron chi connectivity index (χ0n) is 15.7. The third-order valence-corrected chi connectivity index (χ3v) is 6.43. The number of para-hydroxylation sites is 1. The molecule has 0 bridgehead atoms. The van der Waals surface area contributed by atoms with Gasteiger partial charge < -0.3 is 5.32 Å². The molecule has 8 heteroatoms. The van der Waals surface area contributed by atoms with Crippen molar-refractivity contribution in [1.29, 1.82) is 5.26 Å². The van der Waals surface area contributed by atoms with E-state index in [1.54, 1.807) is 6.07 Å². The Kier molecular flexibility index (Phi) is 5.93. The standard InChI is InChI=1S/C22H16N4O2S2/c23-10-11-29-18-9-5-4-8-16(18)25-20(27)13-26-14-24-17-12-19(30-21(17)22(26)28)15-6-2-1-3-7-15/h1-9,12,14H,11,13H2,(H,25,27). The fourth-order valence-electron chi connectivity index (χ4n) is 2.95. The molecule has 0 unspecified atom stereocenters. The maximum Gasteiger partial charge on any atom is 0.271 e. The molecule has 0 aliphatic rings. The average molecular weight is 433 g/mol. The molecule has 30 heavy (non-hydrogen) atoms. The number of anilines is 1. The maximum absolute atomic E-state index is 12.9. The molecular formula is C22H16N4O2S2. The number of nitriles is 1. The quantitative estimate of drug-likeness (QED) is 0.457. The van der Waals surface area contributed by atoms with E-state index in [0.29, 0.717) is 15.9 Å². The average Bonchev–Trinajstić information content (AvgIpc) is 3.21. The van der Waals surface area contributed by atoms with Gasteiger partial charge in [-0.05, 0) is 23.8 Å². The van der Waals surface area contributed by atoms with E-state index in [1.807, 2.05) is 54.6 Å². The van der Waals surface area contributed by atoms with Crippen LogP contribution in [0.4, 0.5) is 5.69 Å². The maximum atomic E-state index is 12.9. The fraction of sp³-hybridized carbons (Fsp3) is 0.0909. The Morgan fingerprint density at radius 1 is 1.17 bits per heavy atom. The third-order valence-electron chi connectivity index (χ3n) is 4.33. The van der Waals surface area contributed by atoms with Crippen LogP contribution in [0.2, 0.25) is 0 Å². The molecule has 0 aliphatic heterocycles. The van der Waals surface area contributed by atoms with Crippen molar-refractivity contribution in [2.24, 2.45) is 0 Å². The molecule has 0 spiro atoms. The number of amides is 1. The summed E-state index contributed by atoms with van der Waals surface area (Å²) in [6.45, 7) is -0.141. The minimum atomic E-state index is -0.330. The topological polar surface area (TPSA) is 87.8 Å². The molecule has 0 radical (unpaired) electrons. The van der Waals surface area contributed by atoms with E-state index in [9.17, 15) is 9.59 Å². The van der Waals surface area contributed by atoms with Crippen molar-refractivity contribution in [1.82, 2.24) is 9.55 Å². The largest absolute Gasteiger partial charge is 0.324 e. The Morgan fingerprint density at radius 2 is 1.93 bits per heavy atom. The molecular weight excluding hydrogens is 416 g/mol. The monoisotopic (exact) mass is 432 g/mol. The number of hydrogen-bond acceptors (Lipinski definition) is 6. The number of nitrogens with one attached hydrogen (secondary N) is 1. The van der Waals surface area contributed by atoms with Gasteiger partial charge in [-0.1, -0.05) is 42.5 Å². The molecule has 2 aromatic heterocycles. The van der Waals surface area contributed by atoms with Gasteiger partial charge in [-0.25, -0.2) is 4.98 Å². The van der Waals surface area contributed by atoms with E-state index in [2.05, 4.69) is 16.4 Å². The molecule has 2 aromatic carbocycles. The fourth-order valence-corrected chi connectivity index (χ4v) is 4.69. The summed E-state index contributed by atoms with van der Waals surface area (Å²) < 4.78 is 1.84. The molecule has 0 fully saturated rings. The van der Waals surface area contributed by atoms with Crippen LogP contribution in [0.25, 0.3) is 20.7 Å². The SMILES string of the molecule is N#CCSc1ccccc1NC(=O)Cn1cnc2cc(-c3ccccc3)sc2c1=O. The number of aromatic nitrogens is 2. The first-order chi connectivity index (χ1) is 14.7. The van der Waals surface area contributed by atoms with Crippen LogP contribution in [-0.4, -0.2) is 21.2 Å². The third kappa shape index (κ3) is 4.27. The minimum absolute atomic E-state index is 0.141. The molecule has 1 amide bonds. The van der Waals surface area contributed by atoms with Crippen LogP contribution in [0.15, 0.2) is 76.7 Å². The Hall–Kier alpha value is -3.41. The van der Waals surface area contributed by atoms with Gasteiger partial charge in [0.15, 0.2) is 0 Å². The molecule has 4 aromatic rings. The van der Waals surface area contributed by atoms with Gasteiger partial charge in [0.1, 0.15) is 11.2 Å². The van der Waals surface area contributed by atoms with Crippen LogP contribution in [0.5, 0.6) is 0 Å². The first-order valence-corrected chi connectivity index (χ1v) is 10.9. The molecule has 0 atom stereocenters. The Balaban J connectivity index is 1.56. The molecule has 0 saturated carbocycles. The van der Waals surface area contributed by atoms with Crippen LogP contribution in [0, 0.1) is 11.3 Å². The number of rotatable bonds is 6. The van der Waals surface area contributed by atoms with Crippen LogP contribution in [-0.2, 0) is 11.3 Å². The number of fused-ring (bicyclic) bond motifs is 1. The van der Waals surface area contributed by atoms with Crippen LogP contribution in [0.3, 0.4) is 0 Å². The van der Waals surface area contributed by atoms with E-state index >= 15 is 0 Å². The summed E-state index contributed by atoms with van der Waals surface area (Å²) in [6.07, 6.45) is 1.40. The lowest BCUT2D eigenvalue weighted by atomic mass is 10.2. The Morgan fingerprint density at radius 3 is 2.73 bits per heavy atom. The van der Waals surface area contributed by atoms with Gasteiger partial charge in [0.05, 0.1) is 29.4 Å². The molecule has 1 N–H and O–H groups in total. The summed E-state index contributed by atoms with van der Waals surface area (Å²) in [6, 6.07) is 21.0. The predicted octanol–water partition coefficient (Wildman–Crippen LogP) is 4.38. The molecule has 2 heterocycles. The smallest absolute Gasteiger partial charge is 0.271 e. The summed E-state index contributed by atoms with van der Waals surface area (Å²) in [4.78, 5) is 31.6. The summed E-state index contributed by atoms with van der Waals surface area (Å²) in [7, 11) is 0. The Labute approximate surface area is 180 Å². The first-order valence-electron chi connectivity index (χ1n) is 9.09. The molecule has 148 valence electrons. The first kappa shape index (κ1) is 19.9. The Bertz CT molecular complexity index is 1310. The van der Waals surface area contributed by atoms with Crippen molar-refractivity contribution in [3.63, 3.8) is 0 Å². The van der Waals surface area contributed by atoms with Gasteiger partial charge in [0, 0.05) is 9.77 Å². The minimum Gasteiger partial charge on any atom is -0.324 e.